The average molecular weight is 137 g/mol. The quantitative estimate of drug-likeness (QED) is 0.477. The van der Waals surface area contributed by atoms with E-state index in [9.17, 15) is 0 Å². The fourth-order valence-corrected chi connectivity index (χ4v) is 1.27. The minimum atomic E-state index is 0.116. The molecule has 0 fully saturated rings. The molecule has 1 atom stereocenters. The van der Waals surface area contributed by atoms with Gasteiger partial charge in [0.15, 0.2) is 5.71 Å². The van der Waals surface area contributed by atoms with Gasteiger partial charge in [0.05, 0.1) is 0 Å². The summed E-state index contributed by atoms with van der Waals surface area (Å²) in [6, 6.07) is 0. The van der Waals surface area contributed by atoms with Crippen molar-refractivity contribution in [3.8, 4) is 0 Å². The Labute approximate surface area is 58.9 Å². The molecule has 52 valence electrons. The van der Waals surface area contributed by atoms with E-state index in [1.54, 1.807) is 0 Å². The van der Waals surface area contributed by atoms with Gasteiger partial charge >= 0.3 is 6.17 Å². The lowest BCUT2D eigenvalue weighted by Crippen LogP contribution is -2.52. The molecule has 0 spiro atoms. The largest absolute Gasteiger partial charge is 0.315 e. The Bertz CT molecular complexity index is 240. The SMILES string of the molecule is CN1CC=CC2=N[N+](=N)C21. The molecule has 0 radical (unpaired) electrons. The molecule has 4 heteroatoms. The lowest BCUT2D eigenvalue weighted by Gasteiger charge is -2.26. The first-order valence-electron chi connectivity index (χ1n) is 3.25. The molecule has 0 saturated heterocycles. The van der Waals surface area contributed by atoms with Gasteiger partial charge in [-0.1, -0.05) is 6.08 Å². The van der Waals surface area contributed by atoms with Crippen molar-refractivity contribution >= 4 is 5.71 Å². The minimum absolute atomic E-state index is 0.116. The highest BCUT2D eigenvalue weighted by Gasteiger charge is 2.43. The van der Waals surface area contributed by atoms with Crippen LogP contribution in [-0.2, 0) is 0 Å². The first kappa shape index (κ1) is 5.73. The zero-order valence-electron chi connectivity index (χ0n) is 5.78. The second kappa shape index (κ2) is 1.73. The van der Waals surface area contributed by atoms with Crippen LogP contribution in [-0.4, -0.2) is 35.2 Å². The maximum atomic E-state index is 7.24. The number of hydrogen-bond donors (Lipinski definition) is 1. The standard InChI is InChI=1S/C6H9N4/c1-9-4-2-3-5-6(9)10(7)8-5/h2-3,6-7H,4H2,1H3/q+1. The molecule has 2 aliphatic rings. The molecule has 2 heterocycles. The van der Waals surface area contributed by atoms with E-state index >= 15 is 0 Å². The molecule has 10 heavy (non-hydrogen) atoms. The zero-order chi connectivity index (χ0) is 7.14. The summed E-state index contributed by atoms with van der Waals surface area (Å²) >= 11 is 0. The molecule has 2 aliphatic heterocycles. The fourth-order valence-electron chi connectivity index (χ4n) is 1.27. The van der Waals surface area contributed by atoms with E-state index in [4.69, 9.17) is 5.53 Å². The van der Waals surface area contributed by atoms with E-state index in [2.05, 4.69) is 16.1 Å². The third kappa shape index (κ3) is 0.565. The van der Waals surface area contributed by atoms with Gasteiger partial charge in [0, 0.05) is 16.5 Å². The van der Waals surface area contributed by atoms with E-state index in [1.807, 2.05) is 13.1 Å². The molecule has 0 saturated carbocycles. The summed E-state index contributed by atoms with van der Waals surface area (Å²) in [5.41, 5.74) is 8.24. The Hall–Kier alpha value is -1.03. The first-order valence-corrected chi connectivity index (χ1v) is 3.25. The molecular weight excluding hydrogens is 128 g/mol. The number of likely N-dealkylation sites (N-methyl/N-ethyl adjacent to an activating group) is 1. The summed E-state index contributed by atoms with van der Waals surface area (Å²) in [7, 11) is 1.99. The summed E-state index contributed by atoms with van der Waals surface area (Å²) in [5, 5.41) is 3.88. The van der Waals surface area contributed by atoms with Crippen LogP contribution in [0, 0.1) is 5.53 Å². The molecule has 2 rings (SSSR count). The van der Waals surface area contributed by atoms with E-state index in [1.165, 1.54) is 4.81 Å². The maximum Gasteiger partial charge on any atom is 0.315 e. The normalized spacial score (nSPS) is 31.1. The Kier molecular flexibility index (Phi) is 0.990. The second-order valence-electron chi connectivity index (χ2n) is 2.59. The van der Waals surface area contributed by atoms with Crippen molar-refractivity contribution in [2.24, 2.45) is 5.10 Å². The predicted octanol–water partition coefficient (Wildman–Crippen LogP) is 0.227. The van der Waals surface area contributed by atoms with Crippen molar-refractivity contribution in [2.75, 3.05) is 13.6 Å². The number of fused-ring (bicyclic) bond motifs is 1. The van der Waals surface area contributed by atoms with Gasteiger partial charge in [0.25, 0.3) is 0 Å². The first-order chi connectivity index (χ1) is 4.79. The number of nitrogens with one attached hydrogen (secondary N) is 1. The van der Waals surface area contributed by atoms with Crippen LogP contribution in [0.3, 0.4) is 0 Å². The van der Waals surface area contributed by atoms with Crippen LogP contribution in [0.25, 0.3) is 0 Å². The van der Waals surface area contributed by atoms with Crippen LogP contribution in [0.4, 0.5) is 0 Å². The Morgan fingerprint density at radius 3 is 3.20 bits per heavy atom. The molecule has 0 bridgehead atoms. The molecule has 1 N–H and O–H groups in total. The minimum Gasteiger partial charge on any atom is -0.235 e. The third-order valence-corrected chi connectivity index (χ3v) is 1.82. The van der Waals surface area contributed by atoms with Crippen molar-refractivity contribution in [3.63, 3.8) is 0 Å². The van der Waals surface area contributed by atoms with Crippen molar-refractivity contribution in [1.82, 2.24) is 4.90 Å². The van der Waals surface area contributed by atoms with Crippen LogP contribution in [0.15, 0.2) is 17.3 Å². The number of hydrazone groups is 1. The van der Waals surface area contributed by atoms with Gasteiger partial charge in [0.2, 0.25) is 0 Å². The van der Waals surface area contributed by atoms with Gasteiger partial charge in [-0.15, -0.1) is 0 Å². The van der Waals surface area contributed by atoms with Gasteiger partial charge in [0.1, 0.15) is 0 Å². The van der Waals surface area contributed by atoms with Crippen molar-refractivity contribution < 1.29 is 4.81 Å². The van der Waals surface area contributed by atoms with Crippen LogP contribution in [0.2, 0.25) is 0 Å². The van der Waals surface area contributed by atoms with Gasteiger partial charge in [-0.25, -0.2) is 4.90 Å². The second-order valence-corrected chi connectivity index (χ2v) is 2.59. The predicted molar refractivity (Wildman–Crippen MR) is 36.0 cm³/mol. The molecule has 0 aromatic carbocycles. The summed E-state index contributed by atoms with van der Waals surface area (Å²) < 4.78 is 0. The smallest absolute Gasteiger partial charge is 0.235 e. The van der Waals surface area contributed by atoms with Crippen LogP contribution < -0.4 is 0 Å². The lowest BCUT2D eigenvalue weighted by molar-refractivity contribution is -0.679. The van der Waals surface area contributed by atoms with E-state index in [-0.39, 0.29) is 6.17 Å². The van der Waals surface area contributed by atoms with E-state index in [0.29, 0.717) is 0 Å². The fraction of sp³-hybridized carbons (Fsp3) is 0.500. The maximum absolute atomic E-state index is 7.24. The molecule has 4 nitrogen and oxygen atoms in total. The topological polar surface area (TPSA) is 42.5 Å². The van der Waals surface area contributed by atoms with Crippen molar-refractivity contribution in [3.05, 3.63) is 12.2 Å². The third-order valence-electron chi connectivity index (χ3n) is 1.82. The molecule has 1 unspecified atom stereocenters. The van der Waals surface area contributed by atoms with Crippen molar-refractivity contribution in [1.29, 1.82) is 5.53 Å². The molecule has 0 aromatic rings. The highest BCUT2D eigenvalue weighted by atomic mass is 15.6. The summed E-state index contributed by atoms with van der Waals surface area (Å²) in [4.78, 5) is 3.31. The Morgan fingerprint density at radius 1 is 1.90 bits per heavy atom. The zero-order valence-corrected chi connectivity index (χ0v) is 5.78. The highest BCUT2D eigenvalue weighted by Crippen LogP contribution is 2.15. The highest BCUT2D eigenvalue weighted by molar-refractivity contribution is 6.00. The Morgan fingerprint density at radius 2 is 2.70 bits per heavy atom. The number of hydrogen-bond acceptors (Lipinski definition) is 2. The monoisotopic (exact) mass is 137 g/mol. The van der Waals surface area contributed by atoms with Crippen LogP contribution >= 0.6 is 0 Å². The van der Waals surface area contributed by atoms with Gasteiger partial charge in [-0.3, -0.25) is 0 Å². The molecule has 0 aliphatic carbocycles. The van der Waals surface area contributed by atoms with E-state index < -0.39 is 0 Å². The summed E-state index contributed by atoms with van der Waals surface area (Å²) in [6.45, 7) is 0.916. The van der Waals surface area contributed by atoms with Gasteiger partial charge < -0.3 is 0 Å². The molecule has 0 aromatic heterocycles. The Balaban J connectivity index is 2.35. The lowest BCUT2D eigenvalue weighted by atomic mass is 10.1. The number of rotatable bonds is 0. The van der Waals surface area contributed by atoms with E-state index in [0.717, 1.165) is 12.3 Å². The van der Waals surface area contributed by atoms with Gasteiger partial charge in [-0.2, -0.15) is 0 Å². The van der Waals surface area contributed by atoms with Crippen LogP contribution in [0.5, 0.6) is 0 Å². The number of nitrogens with zero attached hydrogens (tertiary/aromatic N) is 3. The van der Waals surface area contributed by atoms with Gasteiger partial charge in [-0.05, 0) is 18.7 Å². The molecular formula is C6H9N4+. The average Bonchev–Trinajstić information content (AvgIpc) is 1.85. The summed E-state index contributed by atoms with van der Waals surface area (Å²) in [6.07, 6.45) is 4.16. The molecule has 0 amide bonds. The van der Waals surface area contributed by atoms with Crippen molar-refractivity contribution in [2.45, 2.75) is 6.17 Å². The van der Waals surface area contributed by atoms with Crippen LogP contribution in [0.1, 0.15) is 0 Å². The summed E-state index contributed by atoms with van der Waals surface area (Å²) in [5.74, 6) is 0.